The molecule has 166 valence electrons. The normalized spacial score (nSPS) is 23.9. The highest BCUT2D eigenvalue weighted by molar-refractivity contribution is 6.30. The van der Waals surface area contributed by atoms with E-state index in [1.54, 1.807) is 0 Å². The van der Waals surface area contributed by atoms with Gasteiger partial charge < -0.3 is 10.6 Å². The van der Waals surface area contributed by atoms with Crippen molar-refractivity contribution in [2.45, 2.75) is 64.5 Å². The molecule has 3 atom stereocenters. The lowest BCUT2D eigenvalue weighted by atomic mass is 9.67. The van der Waals surface area contributed by atoms with Crippen LogP contribution in [0.15, 0.2) is 48.5 Å². The van der Waals surface area contributed by atoms with Crippen LogP contribution in [0, 0.1) is 5.41 Å². The summed E-state index contributed by atoms with van der Waals surface area (Å²) < 4.78 is 0. The lowest BCUT2D eigenvalue weighted by Gasteiger charge is -2.52. The number of nitrogens with two attached hydrogens (primary N) is 1. The van der Waals surface area contributed by atoms with Gasteiger partial charge in [0, 0.05) is 28.4 Å². The SMILES string of the molecule is CCC(CC)N1C(=O)[C@@](C)(CC(N)=O)C[C@H](c2cccc(Cl)c2)[C@H]1c1ccc(Cl)cc1. The van der Waals surface area contributed by atoms with Crippen LogP contribution < -0.4 is 5.73 Å². The van der Waals surface area contributed by atoms with Crippen molar-refractivity contribution in [1.29, 1.82) is 0 Å². The monoisotopic (exact) mass is 460 g/mol. The Hall–Kier alpha value is -2.04. The molecular weight excluding hydrogens is 431 g/mol. The molecule has 6 heteroatoms. The first-order valence-corrected chi connectivity index (χ1v) is 11.6. The molecule has 1 aliphatic heterocycles. The van der Waals surface area contributed by atoms with E-state index < -0.39 is 11.3 Å². The molecule has 0 aliphatic carbocycles. The average molecular weight is 461 g/mol. The predicted molar refractivity (Wildman–Crippen MR) is 126 cm³/mol. The smallest absolute Gasteiger partial charge is 0.229 e. The van der Waals surface area contributed by atoms with Crippen molar-refractivity contribution in [2.75, 3.05) is 0 Å². The summed E-state index contributed by atoms with van der Waals surface area (Å²) in [6, 6.07) is 15.3. The van der Waals surface area contributed by atoms with Gasteiger partial charge in [0.1, 0.15) is 0 Å². The molecule has 1 aliphatic rings. The van der Waals surface area contributed by atoms with E-state index in [4.69, 9.17) is 28.9 Å². The second-order valence-corrected chi connectivity index (χ2v) is 9.62. The van der Waals surface area contributed by atoms with Crippen LogP contribution in [0.5, 0.6) is 0 Å². The second kappa shape index (κ2) is 9.62. The van der Waals surface area contributed by atoms with Crippen LogP contribution in [0.3, 0.4) is 0 Å². The van der Waals surface area contributed by atoms with Gasteiger partial charge in [-0.25, -0.2) is 0 Å². The van der Waals surface area contributed by atoms with Crippen LogP contribution in [-0.4, -0.2) is 22.8 Å². The molecule has 4 nitrogen and oxygen atoms in total. The van der Waals surface area contributed by atoms with E-state index in [9.17, 15) is 9.59 Å². The summed E-state index contributed by atoms with van der Waals surface area (Å²) in [6.45, 7) is 6.05. The standard InChI is InChI=1S/C25H30Cl2N2O2/c1-4-20(5-2)29-23(16-9-11-18(26)12-10-16)21(17-7-6-8-19(27)13-17)14-25(3,24(29)31)15-22(28)30/h6-13,20-21,23H,4-5,14-15H2,1-3H3,(H2,28,30)/t21-,23-,25-/m1/s1. The fraction of sp³-hybridized carbons (Fsp3) is 0.440. The number of amides is 2. The average Bonchev–Trinajstić information content (AvgIpc) is 2.72. The van der Waals surface area contributed by atoms with Crippen LogP contribution in [-0.2, 0) is 9.59 Å². The Labute approximate surface area is 194 Å². The van der Waals surface area contributed by atoms with Crippen molar-refractivity contribution in [2.24, 2.45) is 11.1 Å². The number of piperidine rings is 1. The van der Waals surface area contributed by atoms with Crippen LogP contribution in [0.25, 0.3) is 0 Å². The lowest BCUT2D eigenvalue weighted by molar-refractivity contribution is -0.157. The molecule has 0 bridgehead atoms. The Bertz CT molecular complexity index is 943. The number of likely N-dealkylation sites (tertiary alicyclic amines) is 1. The summed E-state index contributed by atoms with van der Waals surface area (Å²) in [5, 5.41) is 1.30. The number of benzene rings is 2. The number of primary amides is 1. The highest BCUT2D eigenvalue weighted by atomic mass is 35.5. The Morgan fingerprint density at radius 3 is 2.29 bits per heavy atom. The molecule has 2 aromatic rings. The minimum atomic E-state index is -0.871. The maximum atomic E-state index is 13.9. The molecule has 2 amide bonds. The number of rotatable bonds is 7. The van der Waals surface area contributed by atoms with Crippen molar-refractivity contribution < 1.29 is 9.59 Å². The lowest BCUT2D eigenvalue weighted by Crippen LogP contribution is -2.56. The molecule has 0 unspecified atom stereocenters. The largest absolute Gasteiger partial charge is 0.370 e. The van der Waals surface area contributed by atoms with Gasteiger partial charge in [0.15, 0.2) is 0 Å². The van der Waals surface area contributed by atoms with E-state index in [0.717, 1.165) is 24.0 Å². The minimum Gasteiger partial charge on any atom is -0.370 e. The summed E-state index contributed by atoms with van der Waals surface area (Å²) in [7, 11) is 0. The molecule has 1 fully saturated rings. The number of halogens is 2. The van der Waals surface area contributed by atoms with Gasteiger partial charge in [-0.1, -0.05) is 68.2 Å². The molecule has 0 radical (unpaired) electrons. The van der Waals surface area contributed by atoms with E-state index in [2.05, 4.69) is 13.8 Å². The second-order valence-electron chi connectivity index (χ2n) is 8.75. The van der Waals surface area contributed by atoms with E-state index >= 15 is 0 Å². The van der Waals surface area contributed by atoms with Crippen molar-refractivity contribution in [3.8, 4) is 0 Å². The third kappa shape index (κ3) is 4.91. The van der Waals surface area contributed by atoms with Gasteiger partial charge in [-0.05, 0) is 54.7 Å². The molecule has 2 aromatic carbocycles. The molecule has 1 saturated heterocycles. The third-order valence-corrected chi connectivity index (χ3v) is 6.98. The topological polar surface area (TPSA) is 63.4 Å². The zero-order chi connectivity index (χ0) is 22.8. The number of hydrogen-bond donors (Lipinski definition) is 1. The molecule has 0 aromatic heterocycles. The van der Waals surface area contributed by atoms with Gasteiger partial charge in [-0.3, -0.25) is 9.59 Å². The first-order valence-electron chi connectivity index (χ1n) is 10.8. The third-order valence-electron chi connectivity index (χ3n) is 6.49. The quantitative estimate of drug-likeness (QED) is 0.540. The molecule has 0 saturated carbocycles. The zero-order valence-corrected chi connectivity index (χ0v) is 19.8. The van der Waals surface area contributed by atoms with Crippen LogP contribution >= 0.6 is 23.2 Å². The summed E-state index contributed by atoms with van der Waals surface area (Å²) >= 11 is 12.5. The highest BCUT2D eigenvalue weighted by Crippen LogP contribution is 2.52. The van der Waals surface area contributed by atoms with E-state index in [-0.39, 0.29) is 30.3 Å². The molecule has 0 spiro atoms. The van der Waals surface area contributed by atoms with Crippen molar-refractivity contribution >= 4 is 35.0 Å². The Balaban J connectivity index is 2.22. The maximum Gasteiger partial charge on any atom is 0.229 e. The summed E-state index contributed by atoms with van der Waals surface area (Å²) in [5.41, 5.74) is 6.78. The molecule has 1 heterocycles. The maximum absolute atomic E-state index is 13.9. The van der Waals surface area contributed by atoms with Gasteiger partial charge in [0.05, 0.1) is 11.5 Å². The number of hydrogen-bond acceptors (Lipinski definition) is 2. The molecule has 2 N–H and O–H groups in total. The van der Waals surface area contributed by atoms with Crippen molar-refractivity contribution in [3.63, 3.8) is 0 Å². The molecular formula is C25H30Cl2N2O2. The van der Waals surface area contributed by atoms with E-state index in [1.165, 1.54) is 0 Å². The fourth-order valence-electron chi connectivity index (χ4n) is 5.01. The van der Waals surface area contributed by atoms with Crippen LogP contribution in [0.1, 0.15) is 69.5 Å². The van der Waals surface area contributed by atoms with Crippen LogP contribution in [0.2, 0.25) is 10.0 Å². The van der Waals surface area contributed by atoms with Gasteiger partial charge in [-0.2, -0.15) is 0 Å². The predicted octanol–water partition coefficient (Wildman–Crippen LogP) is 6.12. The van der Waals surface area contributed by atoms with Crippen molar-refractivity contribution in [1.82, 2.24) is 4.90 Å². The summed E-state index contributed by atoms with van der Waals surface area (Å²) in [4.78, 5) is 27.8. The first-order chi connectivity index (χ1) is 14.7. The highest BCUT2D eigenvalue weighted by Gasteiger charge is 2.51. The number of carbonyl (C=O) groups excluding carboxylic acids is 2. The molecule has 31 heavy (non-hydrogen) atoms. The number of carbonyl (C=O) groups is 2. The van der Waals surface area contributed by atoms with Gasteiger partial charge in [0.2, 0.25) is 11.8 Å². The van der Waals surface area contributed by atoms with Gasteiger partial charge in [-0.15, -0.1) is 0 Å². The van der Waals surface area contributed by atoms with E-state index in [0.29, 0.717) is 16.5 Å². The Morgan fingerprint density at radius 1 is 1.10 bits per heavy atom. The van der Waals surface area contributed by atoms with Crippen molar-refractivity contribution in [3.05, 3.63) is 69.7 Å². The fourth-order valence-corrected chi connectivity index (χ4v) is 5.34. The van der Waals surface area contributed by atoms with Gasteiger partial charge >= 0.3 is 0 Å². The summed E-state index contributed by atoms with van der Waals surface area (Å²) in [6.07, 6.45) is 2.18. The molecule has 3 rings (SSSR count). The Kier molecular flexibility index (Phi) is 7.33. The zero-order valence-electron chi connectivity index (χ0n) is 18.3. The van der Waals surface area contributed by atoms with E-state index in [1.807, 2.05) is 60.4 Å². The Morgan fingerprint density at radius 2 is 1.74 bits per heavy atom. The number of nitrogens with zero attached hydrogens (tertiary/aromatic N) is 1. The van der Waals surface area contributed by atoms with Gasteiger partial charge in [0.25, 0.3) is 0 Å². The minimum absolute atomic E-state index is 0.0155. The summed E-state index contributed by atoms with van der Waals surface area (Å²) in [5.74, 6) is -0.518. The first kappa shape index (κ1) is 23.6. The van der Waals surface area contributed by atoms with Crippen LogP contribution in [0.4, 0.5) is 0 Å².